The van der Waals surface area contributed by atoms with Crippen LogP contribution in [-0.4, -0.2) is 35.7 Å². The van der Waals surface area contributed by atoms with Gasteiger partial charge in [-0.25, -0.2) is 0 Å². The summed E-state index contributed by atoms with van der Waals surface area (Å²) < 4.78 is 0. The van der Waals surface area contributed by atoms with E-state index in [1.165, 1.54) is 38.1 Å². The summed E-state index contributed by atoms with van der Waals surface area (Å²) in [5.41, 5.74) is 7.78. The molecule has 1 heterocycles. The summed E-state index contributed by atoms with van der Waals surface area (Å²) >= 11 is 0. The molecule has 1 atom stereocenters. The smallest absolute Gasteiger partial charge is 0.0705 e. The average molecular weight is 409 g/mol. The average Bonchev–Trinajstić information content (AvgIpc) is 2.79. The zero-order valence-electron chi connectivity index (χ0n) is 19.3. The second-order valence-electron chi connectivity index (χ2n) is 7.19. The van der Waals surface area contributed by atoms with Crippen LogP contribution < -0.4 is 5.73 Å². The molecular formula is C26H40N4. The number of nitrogens with two attached hydrogens (primary N) is 1. The lowest BCUT2D eigenvalue weighted by molar-refractivity contribution is 0.194. The fourth-order valence-corrected chi connectivity index (χ4v) is 3.54. The summed E-state index contributed by atoms with van der Waals surface area (Å²) in [5, 5.41) is 1.19. The molecule has 0 spiro atoms. The number of pyridine rings is 1. The van der Waals surface area contributed by atoms with Crippen LogP contribution in [0.4, 0.5) is 0 Å². The van der Waals surface area contributed by atoms with Crippen molar-refractivity contribution in [1.29, 1.82) is 0 Å². The third-order valence-electron chi connectivity index (χ3n) is 5.00. The van der Waals surface area contributed by atoms with Gasteiger partial charge in [0.2, 0.25) is 0 Å². The third kappa shape index (κ3) is 8.21. The van der Waals surface area contributed by atoms with Crippen LogP contribution in [0.3, 0.4) is 0 Å². The van der Waals surface area contributed by atoms with E-state index in [4.69, 9.17) is 9.98 Å². The van der Waals surface area contributed by atoms with Gasteiger partial charge < -0.3 is 5.73 Å². The number of aromatic nitrogens is 1. The monoisotopic (exact) mass is 408 g/mol. The number of nitrogens with zero attached hydrogens (tertiary/aromatic N) is 3. The second-order valence-corrected chi connectivity index (χ2v) is 7.19. The highest BCUT2D eigenvalue weighted by molar-refractivity contribution is 5.78. The quantitative estimate of drug-likeness (QED) is 0.339. The number of aliphatic imine (C=N–C) groups is 1. The molecule has 1 aromatic heterocycles. The summed E-state index contributed by atoms with van der Waals surface area (Å²) in [5.74, 6) is 0. The molecule has 0 radical (unpaired) electrons. The van der Waals surface area contributed by atoms with Crippen molar-refractivity contribution in [2.75, 3.05) is 13.6 Å². The van der Waals surface area contributed by atoms with Crippen LogP contribution in [-0.2, 0) is 6.54 Å². The first-order valence-corrected chi connectivity index (χ1v) is 11.2. The van der Waals surface area contributed by atoms with Crippen LogP contribution in [0, 0.1) is 0 Å². The summed E-state index contributed by atoms with van der Waals surface area (Å²) in [6, 6.07) is 13.0. The lowest BCUT2D eigenvalue weighted by atomic mass is 10.0. The van der Waals surface area contributed by atoms with Crippen LogP contribution in [0.1, 0.15) is 58.6 Å². The molecule has 0 bridgehead atoms. The Morgan fingerprint density at radius 2 is 1.87 bits per heavy atom. The van der Waals surface area contributed by atoms with Crippen LogP contribution in [0.25, 0.3) is 10.9 Å². The van der Waals surface area contributed by atoms with Gasteiger partial charge in [0.1, 0.15) is 0 Å². The van der Waals surface area contributed by atoms with Crippen molar-refractivity contribution >= 4 is 17.1 Å². The first-order valence-electron chi connectivity index (χ1n) is 11.2. The van der Waals surface area contributed by atoms with E-state index in [0.29, 0.717) is 0 Å². The van der Waals surface area contributed by atoms with Gasteiger partial charge in [0.05, 0.1) is 22.9 Å². The van der Waals surface area contributed by atoms with Crippen molar-refractivity contribution < 1.29 is 0 Å². The van der Waals surface area contributed by atoms with E-state index < -0.39 is 0 Å². The van der Waals surface area contributed by atoms with E-state index in [9.17, 15) is 0 Å². The predicted molar refractivity (Wildman–Crippen MR) is 133 cm³/mol. The van der Waals surface area contributed by atoms with Crippen molar-refractivity contribution in [1.82, 2.24) is 9.88 Å². The van der Waals surface area contributed by atoms with Gasteiger partial charge >= 0.3 is 0 Å². The number of benzene rings is 1. The number of para-hydroxylation sites is 1. The Morgan fingerprint density at radius 1 is 1.13 bits per heavy atom. The minimum atomic E-state index is 0.286. The second kappa shape index (κ2) is 15.5. The van der Waals surface area contributed by atoms with Gasteiger partial charge in [-0.1, -0.05) is 70.0 Å². The molecule has 2 rings (SSSR count). The number of unbranched alkanes of at least 4 members (excludes halogenated alkanes) is 2. The number of rotatable bonds is 12. The van der Waals surface area contributed by atoms with Crippen molar-refractivity contribution in [3.05, 3.63) is 66.5 Å². The van der Waals surface area contributed by atoms with Crippen molar-refractivity contribution in [2.24, 2.45) is 10.7 Å². The molecule has 1 aromatic carbocycles. The number of hydrogen-bond donors (Lipinski definition) is 1. The van der Waals surface area contributed by atoms with E-state index in [0.717, 1.165) is 36.4 Å². The molecule has 0 amide bonds. The van der Waals surface area contributed by atoms with Gasteiger partial charge in [0.25, 0.3) is 0 Å². The Morgan fingerprint density at radius 3 is 2.53 bits per heavy atom. The summed E-state index contributed by atoms with van der Waals surface area (Å²) in [7, 11) is 1.50. The molecule has 30 heavy (non-hydrogen) atoms. The van der Waals surface area contributed by atoms with Crippen molar-refractivity contribution in [2.45, 2.75) is 65.5 Å². The SMILES string of the molecule is C=C/C=C(\N=CC)C(CCCC)N(CCCC)Cc1ccc2ccccc2n1.CN. The molecule has 2 aromatic rings. The van der Waals surface area contributed by atoms with E-state index >= 15 is 0 Å². The summed E-state index contributed by atoms with van der Waals surface area (Å²) in [6.07, 6.45) is 11.6. The lowest BCUT2D eigenvalue weighted by Gasteiger charge is -2.32. The highest BCUT2D eigenvalue weighted by Gasteiger charge is 2.22. The molecule has 0 saturated carbocycles. The van der Waals surface area contributed by atoms with Crippen LogP contribution >= 0.6 is 0 Å². The minimum Gasteiger partial charge on any atom is -0.333 e. The number of fused-ring (bicyclic) bond motifs is 1. The third-order valence-corrected chi connectivity index (χ3v) is 5.00. The zero-order valence-corrected chi connectivity index (χ0v) is 19.3. The van der Waals surface area contributed by atoms with Crippen LogP contribution in [0.15, 0.2) is 65.8 Å². The van der Waals surface area contributed by atoms with Gasteiger partial charge in [-0.15, -0.1) is 0 Å². The minimum absolute atomic E-state index is 0.286. The van der Waals surface area contributed by atoms with E-state index in [-0.39, 0.29) is 6.04 Å². The Balaban J connectivity index is 0.00000218. The molecule has 4 nitrogen and oxygen atoms in total. The fraction of sp³-hybridized carbons (Fsp3) is 0.462. The maximum absolute atomic E-state index is 4.92. The highest BCUT2D eigenvalue weighted by atomic mass is 15.2. The lowest BCUT2D eigenvalue weighted by Crippen LogP contribution is -2.37. The highest BCUT2D eigenvalue weighted by Crippen LogP contribution is 2.22. The molecule has 2 N–H and O–H groups in total. The molecule has 0 aliphatic heterocycles. The summed E-state index contributed by atoms with van der Waals surface area (Å²) in [4.78, 5) is 12.2. The van der Waals surface area contributed by atoms with E-state index in [1.807, 2.05) is 19.2 Å². The molecule has 0 aliphatic rings. The first kappa shape index (κ1) is 25.7. The maximum Gasteiger partial charge on any atom is 0.0705 e. The molecule has 0 fully saturated rings. The Hall–Kier alpha value is -2.30. The van der Waals surface area contributed by atoms with Crippen molar-refractivity contribution in [3.63, 3.8) is 0 Å². The van der Waals surface area contributed by atoms with E-state index in [2.05, 4.69) is 73.5 Å². The van der Waals surface area contributed by atoms with Crippen LogP contribution in [0.5, 0.6) is 0 Å². The molecule has 4 heteroatoms. The van der Waals surface area contributed by atoms with Gasteiger partial charge in [-0.2, -0.15) is 0 Å². The zero-order chi connectivity index (χ0) is 22.2. The maximum atomic E-state index is 4.92. The van der Waals surface area contributed by atoms with Gasteiger partial charge in [-0.3, -0.25) is 14.9 Å². The summed E-state index contributed by atoms with van der Waals surface area (Å²) in [6.45, 7) is 12.3. The van der Waals surface area contributed by atoms with Crippen molar-refractivity contribution in [3.8, 4) is 0 Å². The fourth-order valence-electron chi connectivity index (χ4n) is 3.54. The molecular weight excluding hydrogens is 368 g/mol. The molecule has 0 aliphatic carbocycles. The Labute approximate surface area is 183 Å². The normalized spacial score (nSPS) is 12.8. The standard InChI is InChI=1S/C25H35N3.CH5N/c1-5-9-16-25(24(13-7-3)26-8-4)28(19-10-6-2)20-22-18-17-21-14-11-12-15-23(21)27-22;1-2/h7-8,11-15,17-18,25H,3,5-6,9-10,16,19-20H2,1-2,4H3;2H2,1H3/b24-13-,26-8?;. The van der Waals surface area contributed by atoms with E-state index in [1.54, 1.807) is 0 Å². The van der Waals surface area contributed by atoms with Crippen LogP contribution in [0.2, 0.25) is 0 Å². The molecule has 1 unspecified atom stereocenters. The van der Waals surface area contributed by atoms with Gasteiger partial charge in [0.15, 0.2) is 0 Å². The van der Waals surface area contributed by atoms with Gasteiger partial charge in [0, 0.05) is 18.1 Å². The molecule has 164 valence electrons. The largest absolute Gasteiger partial charge is 0.333 e. The number of allylic oxidation sites excluding steroid dienone is 2. The Kier molecular flexibility index (Phi) is 13.3. The predicted octanol–water partition coefficient (Wildman–Crippen LogP) is 6.13. The molecule has 0 saturated heterocycles. The first-order chi connectivity index (χ1) is 14.7. The topological polar surface area (TPSA) is 54.5 Å². The Bertz CT molecular complexity index is 794. The number of hydrogen-bond acceptors (Lipinski definition) is 4. The van der Waals surface area contributed by atoms with Gasteiger partial charge in [-0.05, 0) is 51.6 Å².